The Morgan fingerprint density at radius 2 is 2.00 bits per heavy atom. The van der Waals surface area contributed by atoms with Gasteiger partial charge in [-0.15, -0.1) is 0 Å². The molecular formula is C15H20N6O4. The van der Waals surface area contributed by atoms with Gasteiger partial charge in [0.05, 0.1) is 22.8 Å². The number of nitrogens with zero attached hydrogens (tertiary/aromatic N) is 6. The van der Waals surface area contributed by atoms with Crippen LogP contribution in [0.2, 0.25) is 0 Å². The van der Waals surface area contributed by atoms with E-state index in [4.69, 9.17) is 9.47 Å². The molecule has 2 unspecified atom stereocenters. The molecule has 25 heavy (non-hydrogen) atoms. The second-order valence-electron chi connectivity index (χ2n) is 6.12. The van der Waals surface area contributed by atoms with Gasteiger partial charge in [0.1, 0.15) is 6.33 Å². The van der Waals surface area contributed by atoms with Crippen molar-refractivity contribution in [3.8, 4) is 11.8 Å². The first-order valence-electron chi connectivity index (χ1n) is 7.93. The Labute approximate surface area is 144 Å². The summed E-state index contributed by atoms with van der Waals surface area (Å²) in [5, 5.41) is 15.9. The Bertz CT molecular complexity index is 782. The van der Waals surface area contributed by atoms with Gasteiger partial charge in [0.25, 0.3) is 0 Å². The molecule has 2 aromatic rings. The third kappa shape index (κ3) is 3.53. The quantitative estimate of drug-likeness (QED) is 0.608. The van der Waals surface area contributed by atoms with E-state index < -0.39 is 4.92 Å². The van der Waals surface area contributed by atoms with Gasteiger partial charge in [-0.1, -0.05) is 0 Å². The van der Waals surface area contributed by atoms with Crippen molar-refractivity contribution in [1.29, 1.82) is 0 Å². The Morgan fingerprint density at radius 1 is 1.32 bits per heavy atom. The zero-order valence-electron chi connectivity index (χ0n) is 14.5. The molecule has 10 heteroatoms. The maximum Gasteiger partial charge on any atom is 0.373 e. The van der Waals surface area contributed by atoms with Gasteiger partial charge in [-0.05, 0) is 20.8 Å². The predicted molar refractivity (Wildman–Crippen MR) is 88.9 cm³/mol. The molecule has 2 atom stereocenters. The Kier molecular flexibility index (Phi) is 4.53. The summed E-state index contributed by atoms with van der Waals surface area (Å²) < 4.78 is 12.8. The van der Waals surface area contributed by atoms with Crippen molar-refractivity contribution < 1.29 is 14.4 Å². The van der Waals surface area contributed by atoms with Crippen LogP contribution >= 0.6 is 0 Å². The van der Waals surface area contributed by atoms with Crippen LogP contribution in [0.5, 0.6) is 11.8 Å². The minimum atomic E-state index is -0.515. The normalized spacial score (nSPS) is 20.6. The highest BCUT2D eigenvalue weighted by Crippen LogP contribution is 2.37. The van der Waals surface area contributed by atoms with E-state index in [9.17, 15) is 10.1 Å². The number of anilines is 1. The van der Waals surface area contributed by atoms with E-state index in [1.165, 1.54) is 11.0 Å². The van der Waals surface area contributed by atoms with Crippen molar-refractivity contribution in [1.82, 2.24) is 19.7 Å². The van der Waals surface area contributed by atoms with E-state index >= 15 is 0 Å². The van der Waals surface area contributed by atoms with Crippen LogP contribution in [0.1, 0.15) is 19.5 Å². The Hall–Kier alpha value is -2.75. The van der Waals surface area contributed by atoms with E-state index in [2.05, 4.69) is 15.1 Å². The number of nitro groups is 1. The summed E-state index contributed by atoms with van der Waals surface area (Å²) in [6.07, 6.45) is 1.16. The van der Waals surface area contributed by atoms with Gasteiger partial charge in [-0.3, -0.25) is 10.1 Å². The van der Waals surface area contributed by atoms with Crippen LogP contribution in [0, 0.1) is 17.0 Å². The molecule has 1 fully saturated rings. The average Bonchev–Trinajstić information content (AvgIpc) is 2.83. The number of ether oxygens (including phenoxy) is 2. The second kappa shape index (κ2) is 6.63. The SMILES string of the molecule is Cc1cc(Oc2ncnc(N3CC(C)OC(C)C3)c2[N+](=O)[O-])n(C)n1. The number of aromatic nitrogens is 4. The molecule has 3 rings (SSSR count). The third-order valence-corrected chi connectivity index (χ3v) is 3.83. The van der Waals surface area contributed by atoms with Gasteiger partial charge in [0.15, 0.2) is 0 Å². The van der Waals surface area contributed by atoms with Crippen LogP contribution in [0.15, 0.2) is 12.4 Å². The number of hydrogen-bond acceptors (Lipinski definition) is 8. The molecular weight excluding hydrogens is 328 g/mol. The molecule has 0 saturated carbocycles. The molecule has 10 nitrogen and oxygen atoms in total. The predicted octanol–water partition coefficient (Wildman–Crippen LogP) is 1.83. The van der Waals surface area contributed by atoms with Gasteiger partial charge in [0.2, 0.25) is 11.7 Å². The topological polar surface area (TPSA) is 108 Å². The third-order valence-electron chi connectivity index (χ3n) is 3.83. The molecule has 0 amide bonds. The van der Waals surface area contributed by atoms with Crippen LogP contribution in [0.4, 0.5) is 11.5 Å². The summed E-state index contributed by atoms with van der Waals surface area (Å²) in [7, 11) is 1.70. The molecule has 1 saturated heterocycles. The molecule has 0 aromatic carbocycles. The maximum absolute atomic E-state index is 11.7. The highest BCUT2D eigenvalue weighted by atomic mass is 16.6. The molecule has 2 aromatic heterocycles. The number of aryl methyl sites for hydroxylation is 2. The van der Waals surface area contributed by atoms with Crippen molar-refractivity contribution in [2.24, 2.45) is 7.05 Å². The minimum absolute atomic E-state index is 0.0533. The smallest absolute Gasteiger partial charge is 0.373 e. The lowest BCUT2D eigenvalue weighted by molar-refractivity contribution is -0.385. The fourth-order valence-electron chi connectivity index (χ4n) is 2.95. The van der Waals surface area contributed by atoms with Crippen LogP contribution in [0.3, 0.4) is 0 Å². The lowest BCUT2D eigenvalue weighted by Crippen LogP contribution is -2.46. The number of morpholine rings is 1. The molecule has 0 spiro atoms. The van der Waals surface area contributed by atoms with Gasteiger partial charge in [-0.2, -0.15) is 10.1 Å². The lowest BCUT2D eigenvalue weighted by atomic mass is 10.2. The zero-order valence-corrected chi connectivity index (χ0v) is 14.5. The van der Waals surface area contributed by atoms with E-state index in [0.717, 1.165) is 5.69 Å². The second-order valence-corrected chi connectivity index (χ2v) is 6.12. The first-order chi connectivity index (χ1) is 11.8. The molecule has 1 aliphatic heterocycles. The van der Waals surface area contributed by atoms with Crippen LogP contribution in [-0.4, -0.2) is 50.0 Å². The number of rotatable bonds is 4. The summed E-state index contributed by atoms with van der Waals surface area (Å²) in [5.41, 5.74) is 0.480. The van der Waals surface area contributed by atoms with E-state index in [-0.39, 0.29) is 29.6 Å². The van der Waals surface area contributed by atoms with E-state index in [0.29, 0.717) is 19.0 Å². The lowest BCUT2D eigenvalue weighted by Gasteiger charge is -2.35. The van der Waals surface area contributed by atoms with Crippen molar-refractivity contribution in [3.05, 3.63) is 28.2 Å². The standard InChI is InChI=1S/C15H20N6O4/c1-9-5-12(19(4)18-9)25-15-13(21(22)23)14(16-8-17-15)20-6-10(2)24-11(3)7-20/h5,8,10-11H,6-7H2,1-4H3. The van der Waals surface area contributed by atoms with Crippen LogP contribution < -0.4 is 9.64 Å². The fourth-order valence-corrected chi connectivity index (χ4v) is 2.95. The molecule has 0 radical (unpaired) electrons. The van der Waals surface area contributed by atoms with Gasteiger partial charge >= 0.3 is 11.6 Å². The molecule has 0 N–H and O–H groups in total. The molecule has 0 bridgehead atoms. The van der Waals surface area contributed by atoms with Crippen molar-refractivity contribution in [2.75, 3.05) is 18.0 Å². The molecule has 1 aliphatic rings. The molecule has 3 heterocycles. The van der Waals surface area contributed by atoms with Crippen molar-refractivity contribution in [2.45, 2.75) is 33.0 Å². The Morgan fingerprint density at radius 3 is 2.56 bits per heavy atom. The zero-order chi connectivity index (χ0) is 18.1. The summed E-state index contributed by atoms with van der Waals surface area (Å²) in [6, 6.07) is 1.68. The van der Waals surface area contributed by atoms with Crippen molar-refractivity contribution in [3.63, 3.8) is 0 Å². The highest BCUT2D eigenvalue weighted by molar-refractivity contribution is 5.63. The van der Waals surface area contributed by atoms with E-state index in [1.807, 2.05) is 25.7 Å². The monoisotopic (exact) mass is 348 g/mol. The van der Waals surface area contributed by atoms with Gasteiger partial charge in [0, 0.05) is 26.2 Å². The van der Waals surface area contributed by atoms with Crippen LogP contribution in [-0.2, 0) is 11.8 Å². The van der Waals surface area contributed by atoms with Crippen LogP contribution in [0.25, 0.3) is 0 Å². The molecule has 134 valence electrons. The maximum atomic E-state index is 11.7. The largest absolute Gasteiger partial charge is 0.415 e. The van der Waals surface area contributed by atoms with Gasteiger partial charge < -0.3 is 14.4 Å². The summed E-state index contributed by atoms with van der Waals surface area (Å²) in [6.45, 7) is 6.67. The fraction of sp³-hybridized carbons (Fsp3) is 0.533. The average molecular weight is 348 g/mol. The molecule has 0 aliphatic carbocycles. The van der Waals surface area contributed by atoms with Gasteiger partial charge in [-0.25, -0.2) is 9.67 Å². The highest BCUT2D eigenvalue weighted by Gasteiger charge is 2.33. The van der Waals surface area contributed by atoms with E-state index in [1.54, 1.807) is 13.1 Å². The first kappa shape index (κ1) is 17.1. The Balaban J connectivity index is 2.00. The minimum Gasteiger partial charge on any atom is -0.415 e. The first-order valence-corrected chi connectivity index (χ1v) is 7.93. The van der Waals surface area contributed by atoms with Crippen molar-refractivity contribution >= 4 is 11.5 Å². The summed E-state index contributed by atoms with van der Waals surface area (Å²) in [5.74, 6) is 0.495. The summed E-state index contributed by atoms with van der Waals surface area (Å²) >= 11 is 0. The summed E-state index contributed by atoms with van der Waals surface area (Å²) in [4.78, 5) is 21.1. The number of hydrogen-bond donors (Lipinski definition) is 0.